The van der Waals surface area contributed by atoms with Crippen LogP contribution in [0, 0.1) is 0 Å². The van der Waals surface area contributed by atoms with E-state index in [1.807, 2.05) is 24.3 Å². The summed E-state index contributed by atoms with van der Waals surface area (Å²) in [7, 11) is 0. The van der Waals surface area contributed by atoms with E-state index < -0.39 is 0 Å². The molecule has 0 unspecified atom stereocenters. The lowest BCUT2D eigenvalue weighted by Gasteiger charge is -2.34. The summed E-state index contributed by atoms with van der Waals surface area (Å²) in [5.41, 5.74) is 2.87. The van der Waals surface area contributed by atoms with Gasteiger partial charge in [0.1, 0.15) is 5.70 Å². The summed E-state index contributed by atoms with van der Waals surface area (Å²) in [5.74, 6) is 0.814. The highest BCUT2D eigenvalue weighted by molar-refractivity contribution is 8.13. The van der Waals surface area contributed by atoms with E-state index in [0.29, 0.717) is 10.9 Å². The molecule has 0 saturated heterocycles. The van der Waals surface area contributed by atoms with Crippen molar-refractivity contribution >= 4 is 28.5 Å². The maximum atomic E-state index is 13.0. The normalized spacial score (nSPS) is 18.0. The van der Waals surface area contributed by atoms with Gasteiger partial charge in [-0.05, 0) is 30.0 Å². The lowest BCUT2D eigenvalue weighted by molar-refractivity contribution is -0.116. The van der Waals surface area contributed by atoms with Gasteiger partial charge in [-0.15, -0.1) is 5.10 Å². The van der Waals surface area contributed by atoms with Crippen molar-refractivity contribution in [2.45, 2.75) is 39.3 Å². The number of hydrazone groups is 1. The number of fused-ring (bicyclic) bond motifs is 2. The first kappa shape index (κ1) is 18.7. The molecule has 4 rings (SSSR count). The molecule has 2 aliphatic rings. The van der Waals surface area contributed by atoms with E-state index >= 15 is 0 Å². The number of hydrogen-bond donors (Lipinski definition) is 1. The summed E-state index contributed by atoms with van der Waals surface area (Å²) in [6.07, 6.45) is 2.85. The topological polar surface area (TPSA) is 57.1 Å². The van der Waals surface area contributed by atoms with Gasteiger partial charge in [0.2, 0.25) is 0 Å². The van der Waals surface area contributed by atoms with E-state index in [0.717, 1.165) is 41.2 Å². The number of aryl methyl sites for hydroxylation is 1. The zero-order valence-corrected chi connectivity index (χ0v) is 17.0. The van der Waals surface area contributed by atoms with Gasteiger partial charge >= 0.3 is 0 Å². The van der Waals surface area contributed by atoms with Crippen molar-refractivity contribution in [2.24, 2.45) is 10.1 Å². The molecule has 0 spiro atoms. The number of para-hydroxylation sites is 1. The third-order valence-electron chi connectivity index (χ3n) is 4.94. The fourth-order valence-corrected chi connectivity index (χ4v) is 4.29. The first-order chi connectivity index (χ1) is 13.7. The monoisotopic (exact) mass is 392 g/mol. The van der Waals surface area contributed by atoms with E-state index in [4.69, 9.17) is 10.1 Å². The quantitative estimate of drug-likeness (QED) is 0.796. The number of benzene rings is 2. The first-order valence-electron chi connectivity index (χ1n) is 9.79. The van der Waals surface area contributed by atoms with Crippen LogP contribution in [0.25, 0.3) is 5.70 Å². The van der Waals surface area contributed by atoms with Gasteiger partial charge in [-0.2, -0.15) is 0 Å². The minimum atomic E-state index is -0.344. The Morgan fingerprint density at radius 1 is 1.11 bits per heavy atom. The van der Waals surface area contributed by atoms with Gasteiger partial charge in [-0.3, -0.25) is 15.1 Å². The fourth-order valence-electron chi connectivity index (χ4n) is 3.35. The average molecular weight is 393 g/mol. The predicted octanol–water partition coefficient (Wildman–Crippen LogP) is 2.93. The summed E-state index contributed by atoms with van der Waals surface area (Å²) in [6.45, 7) is 4.30. The van der Waals surface area contributed by atoms with Crippen molar-refractivity contribution in [3.8, 4) is 0 Å². The molecular weight excluding hydrogens is 368 g/mol. The molecule has 1 amide bonds. The Labute approximate surface area is 169 Å². The van der Waals surface area contributed by atoms with Gasteiger partial charge in [-0.1, -0.05) is 74.5 Å². The number of amidine groups is 1. The molecule has 2 aromatic carbocycles. The Morgan fingerprint density at radius 3 is 2.64 bits per heavy atom. The molecule has 5 nitrogen and oxygen atoms in total. The molecule has 2 heterocycles. The van der Waals surface area contributed by atoms with Gasteiger partial charge < -0.3 is 0 Å². The molecule has 2 aliphatic heterocycles. The number of unbranched alkanes of at least 4 members (excludes halogenated alkanes) is 1. The van der Waals surface area contributed by atoms with Crippen molar-refractivity contribution in [1.82, 2.24) is 10.3 Å². The van der Waals surface area contributed by atoms with Crippen molar-refractivity contribution in [2.75, 3.05) is 5.75 Å². The minimum Gasteiger partial charge on any atom is -0.298 e. The third-order valence-corrected chi connectivity index (χ3v) is 5.89. The van der Waals surface area contributed by atoms with E-state index in [-0.39, 0.29) is 12.1 Å². The largest absolute Gasteiger partial charge is 0.298 e. The lowest BCUT2D eigenvalue weighted by atomic mass is 10.1. The molecule has 0 fully saturated rings. The molecule has 0 bridgehead atoms. The van der Waals surface area contributed by atoms with Crippen molar-refractivity contribution < 1.29 is 4.79 Å². The van der Waals surface area contributed by atoms with Gasteiger partial charge in [0.15, 0.2) is 11.3 Å². The zero-order chi connectivity index (χ0) is 19.5. The Balaban J connectivity index is 1.81. The Bertz CT molecular complexity index is 1030. The lowest BCUT2D eigenvalue weighted by Crippen LogP contribution is -2.50. The van der Waals surface area contributed by atoms with Crippen LogP contribution in [-0.4, -0.2) is 21.8 Å². The first-order valence-corrected chi connectivity index (χ1v) is 10.8. The Kier molecular flexibility index (Phi) is 5.48. The second kappa shape index (κ2) is 8.19. The van der Waals surface area contributed by atoms with E-state index in [2.05, 4.69) is 43.4 Å². The van der Waals surface area contributed by atoms with Crippen molar-refractivity contribution in [1.29, 1.82) is 0 Å². The molecule has 1 atom stereocenters. The van der Waals surface area contributed by atoms with Crippen LogP contribution in [-0.2, 0) is 11.2 Å². The Hall–Kier alpha value is -2.60. The standard InChI is InChI=1S/C22H24N4OS/c1-3-5-14-28-22-24-21(27)19-17-8-6-7-9-18(17)23-20(26(19)25-22)16-12-10-15(4-2)11-13-16/h6-13,20H,3-5,14H2,1-2H3,(H,24,25,27)/t20-/m1/s1. The van der Waals surface area contributed by atoms with E-state index in [9.17, 15) is 4.79 Å². The Morgan fingerprint density at radius 2 is 1.89 bits per heavy atom. The molecule has 6 heteroatoms. The van der Waals surface area contributed by atoms with Crippen molar-refractivity contribution in [3.63, 3.8) is 0 Å². The smallest absolute Gasteiger partial charge is 0.276 e. The van der Waals surface area contributed by atoms with E-state index in [1.54, 1.807) is 16.8 Å². The number of nitrogens with one attached hydrogen (secondary N) is 1. The van der Waals surface area contributed by atoms with Gasteiger partial charge in [0, 0.05) is 11.0 Å². The summed E-state index contributed by atoms with van der Waals surface area (Å²) in [5, 5.41) is 11.8. The van der Waals surface area contributed by atoms with Crippen LogP contribution in [0.2, 0.25) is 0 Å². The third kappa shape index (κ3) is 3.56. The van der Waals surface area contributed by atoms with Crippen molar-refractivity contribution in [3.05, 3.63) is 70.2 Å². The number of thioether (sulfide) groups is 1. The molecule has 1 N–H and O–H groups in total. The highest BCUT2D eigenvalue weighted by atomic mass is 32.2. The molecule has 28 heavy (non-hydrogen) atoms. The fraction of sp³-hybridized carbons (Fsp3) is 0.318. The van der Waals surface area contributed by atoms with Crippen LogP contribution < -0.4 is 15.9 Å². The van der Waals surface area contributed by atoms with Gasteiger partial charge in [0.25, 0.3) is 5.91 Å². The van der Waals surface area contributed by atoms with Crippen LogP contribution in [0.1, 0.15) is 44.0 Å². The number of hydrogen-bond acceptors (Lipinski definition) is 5. The van der Waals surface area contributed by atoms with Crippen LogP contribution in [0.15, 0.2) is 58.6 Å². The highest BCUT2D eigenvalue weighted by Crippen LogP contribution is 2.30. The summed E-state index contributed by atoms with van der Waals surface area (Å²) in [4.78, 5) is 17.9. The number of rotatable bonds is 5. The van der Waals surface area contributed by atoms with Crippen LogP contribution >= 0.6 is 11.8 Å². The van der Waals surface area contributed by atoms with Gasteiger partial charge in [0.05, 0.1) is 5.36 Å². The van der Waals surface area contributed by atoms with Crippen LogP contribution in [0.4, 0.5) is 0 Å². The zero-order valence-electron chi connectivity index (χ0n) is 16.2. The van der Waals surface area contributed by atoms with Crippen LogP contribution in [0.3, 0.4) is 0 Å². The molecule has 0 aliphatic carbocycles. The average Bonchev–Trinajstić information content (AvgIpc) is 2.73. The number of carbonyl (C=O) groups is 1. The minimum absolute atomic E-state index is 0.119. The second-order valence-corrected chi connectivity index (χ2v) is 7.95. The predicted molar refractivity (Wildman–Crippen MR) is 114 cm³/mol. The summed E-state index contributed by atoms with van der Waals surface area (Å²) >= 11 is 1.59. The molecule has 0 radical (unpaired) electrons. The highest BCUT2D eigenvalue weighted by Gasteiger charge is 2.34. The van der Waals surface area contributed by atoms with E-state index in [1.165, 1.54) is 5.56 Å². The SMILES string of the molecule is CCCCSC1=NN2C(=c3ccccc3=N[C@H]2c2ccc(CC)cc2)C(=O)N1. The molecule has 0 saturated carbocycles. The number of nitrogens with zero attached hydrogens (tertiary/aromatic N) is 3. The molecule has 0 aromatic heterocycles. The summed E-state index contributed by atoms with van der Waals surface area (Å²) < 4.78 is 0. The molecule has 2 aromatic rings. The van der Waals surface area contributed by atoms with Gasteiger partial charge in [-0.25, -0.2) is 5.01 Å². The molecule has 144 valence electrons. The van der Waals surface area contributed by atoms with Crippen LogP contribution in [0.5, 0.6) is 0 Å². The molecular formula is C22H24N4OS. The number of carbonyl (C=O) groups excluding carboxylic acids is 1. The number of amides is 1. The second-order valence-electron chi connectivity index (χ2n) is 6.87. The maximum Gasteiger partial charge on any atom is 0.276 e. The maximum absolute atomic E-state index is 13.0. The summed E-state index contributed by atoms with van der Waals surface area (Å²) in [6, 6.07) is 16.2.